The summed E-state index contributed by atoms with van der Waals surface area (Å²) in [7, 11) is 0. The second-order valence-corrected chi connectivity index (χ2v) is 7.82. The number of nitrogens with one attached hydrogen (secondary N) is 1. The average Bonchev–Trinajstić information content (AvgIpc) is 3.18. The summed E-state index contributed by atoms with van der Waals surface area (Å²) >= 11 is 2.24. The highest BCUT2D eigenvalue weighted by atomic mass is 32.2. The van der Waals surface area contributed by atoms with Crippen molar-refractivity contribution in [3.8, 4) is 5.69 Å². The van der Waals surface area contributed by atoms with Crippen LogP contribution in [0.3, 0.4) is 0 Å². The van der Waals surface area contributed by atoms with Crippen LogP contribution in [0.1, 0.15) is 0 Å². The van der Waals surface area contributed by atoms with Gasteiger partial charge in [-0.2, -0.15) is 0 Å². The topological polar surface area (TPSA) is 64.0 Å². The molecule has 2 aromatic carbocycles. The number of rotatable bonds is 5. The predicted molar refractivity (Wildman–Crippen MR) is 111 cm³/mol. The predicted octanol–water partition coefficient (Wildman–Crippen LogP) is 4.46. The fourth-order valence-corrected chi connectivity index (χ4v) is 4.26. The molecule has 29 heavy (non-hydrogen) atoms. The van der Waals surface area contributed by atoms with Crippen LogP contribution < -0.4 is 10.9 Å². The fraction of sp³-hybridized carbons (Fsp3) is 0.0500. The summed E-state index contributed by atoms with van der Waals surface area (Å²) < 4.78 is 29.0. The normalized spacial score (nSPS) is 11.0. The lowest BCUT2D eigenvalue weighted by molar-refractivity contribution is -0.113. The first-order valence-corrected chi connectivity index (χ1v) is 10.3. The van der Waals surface area contributed by atoms with Crippen LogP contribution in [0.25, 0.3) is 15.9 Å². The van der Waals surface area contributed by atoms with Crippen LogP contribution in [0.15, 0.2) is 69.9 Å². The van der Waals surface area contributed by atoms with Crippen molar-refractivity contribution in [2.45, 2.75) is 5.16 Å². The highest BCUT2D eigenvalue weighted by molar-refractivity contribution is 7.99. The number of anilines is 1. The Kier molecular flexibility index (Phi) is 5.41. The summed E-state index contributed by atoms with van der Waals surface area (Å²) in [4.78, 5) is 29.7. The van der Waals surface area contributed by atoms with Gasteiger partial charge in [0.25, 0.3) is 5.56 Å². The van der Waals surface area contributed by atoms with E-state index in [-0.39, 0.29) is 22.5 Å². The zero-order chi connectivity index (χ0) is 20.4. The minimum Gasteiger partial charge on any atom is -0.325 e. The number of hydrogen-bond donors (Lipinski definition) is 1. The number of para-hydroxylation sites is 1. The van der Waals surface area contributed by atoms with Crippen LogP contribution in [0.5, 0.6) is 0 Å². The molecule has 146 valence electrons. The van der Waals surface area contributed by atoms with Gasteiger partial charge in [-0.25, -0.2) is 13.8 Å². The van der Waals surface area contributed by atoms with Gasteiger partial charge in [0.05, 0.1) is 17.0 Å². The third-order valence-corrected chi connectivity index (χ3v) is 5.83. The Morgan fingerprint density at radius 1 is 1.10 bits per heavy atom. The lowest BCUT2D eigenvalue weighted by Gasteiger charge is -2.12. The molecule has 1 amide bonds. The monoisotopic (exact) mass is 429 g/mol. The molecule has 0 atom stereocenters. The first kappa shape index (κ1) is 19.3. The fourth-order valence-electron chi connectivity index (χ4n) is 2.69. The van der Waals surface area contributed by atoms with Crippen LogP contribution in [0.4, 0.5) is 14.5 Å². The quantitative estimate of drug-likeness (QED) is 0.376. The maximum Gasteiger partial charge on any atom is 0.276 e. The minimum atomic E-state index is -0.565. The van der Waals surface area contributed by atoms with Gasteiger partial charge < -0.3 is 5.32 Å². The molecular weight excluding hydrogens is 416 g/mol. The van der Waals surface area contributed by atoms with Crippen molar-refractivity contribution in [1.29, 1.82) is 0 Å². The average molecular weight is 429 g/mol. The van der Waals surface area contributed by atoms with Crippen LogP contribution in [-0.4, -0.2) is 21.2 Å². The van der Waals surface area contributed by atoms with Crippen molar-refractivity contribution < 1.29 is 13.6 Å². The van der Waals surface area contributed by atoms with Crippen LogP contribution in [0.2, 0.25) is 0 Å². The van der Waals surface area contributed by atoms with Gasteiger partial charge in [-0.15, -0.1) is 11.3 Å². The second kappa shape index (κ2) is 8.14. The molecule has 5 nitrogen and oxygen atoms in total. The number of carbonyl (C=O) groups is 1. The molecule has 0 aliphatic heterocycles. The molecule has 0 saturated heterocycles. The molecule has 1 N–H and O–H groups in total. The molecule has 0 spiro atoms. The van der Waals surface area contributed by atoms with Gasteiger partial charge in [-0.3, -0.25) is 14.2 Å². The maximum absolute atomic E-state index is 14.4. The Hall–Kier alpha value is -3.04. The molecule has 9 heteroatoms. The van der Waals surface area contributed by atoms with E-state index in [1.54, 1.807) is 17.5 Å². The molecule has 0 fully saturated rings. The minimum absolute atomic E-state index is 0.0616. The van der Waals surface area contributed by atoms with Gasteiger partial charge in [0.15, 0.2) is 5.16 Å². The van der Waals surface area contributed by atoms with E-state index in [0.29, 0.717) is 15.9 Å². The van der Waals surface area contributed by atoms with Crippen LogP contribution in [-0.2, 0) is 4.79 Å². The van der Waals surface area contributed by atoms with Crippen molar-refractivity contribution in [3.05, 3.63) is 82.0 Å². The lowest BCUT2D eigenvalue weighted by Crippen LogP contribution is -2.23. The summed E-state index contributed by atoms with van der Waals surface area (Å²) in [6.07, 6.45) is 0. The Morgan fingerprint density at radius 3 is 2.62 bits per heavy atom. The Bertz CT molecular complexity index is 1250. The summed E-state index contributed by atoms with van der Waals surface area (Å²) in [6, 6.07) is 13.0. The van der Waals surface area contributed by atoms with E-state index >= 15 is 0 Å². The maximum atomic E-state index is 14.4. The number of carbonyl (C=O) groups excluding carboxylic acids is 1. The van der Waals surface area contributed by atoms with Gasteiger partial charge in [-0.1, -0.05) is 23.9 Å². The first-order chi connectivity index (χ1) is 14.0. The Morgan fingerprint density at radius 2 is 1.86 bits per heavy atom. The molecule has 2 aromatic heterocycles. The Labute approximate surface area is 172 Å². The molecule has 4 aromatic rings. The van der Waals surface area contributed by atoms with E-state index in [9.17, 15) is 18.4 Å². The standard InChI is InChI=1S/C20H13F2N3O2S2/c21-12-5-7-13(8-6-12)23-17(26)11-29-20-24-15-9-10-28-18(15)19(27)25(20)16-4-2-1-3-14(16)22/h1-10H,11H2,(H,23,26). The third-order valence-electron chi connectivity index (χ3n) is 4.00. The number of thiophene rings is 1. The van der Waals surface area contributed by atoms with Crippen molar-refractivity contribution in [2.24, 2.45) is 0 Å². The van der Waals surface area contributed by atoms with Crippen molar-refractivity contribution >= 4 is 44.9 Å². The molecule has 0 aliphatic carbocycles. The smallest absolute Gasteiger partial charge is 0.276 e. The number of aromatic nitrogens is 2. The van der Waals surface area contributed by atoms with E-state index in [0.717, 1.165) is 11.8 Å². The summed E-state index contributed by atoms with van der Waals surface area (Å²) in [6.45, 7) is 0. The molecule has 4 rings (SSSR count). The largest absolute Gasteiger partial charge is 0.325 e. The van der Waals surface area contributed by atoms with Crippen molar-refractivity contribution in [2.75, 3.05) is 11.1 Å². The zero-order valence-corrected chi connectivity index (χ0v) is 16.4. The van der Waals surface area contributed by atoms with E-state index in [1.165, 1.54) is 58.4 Å². The van der Waals surface area contributed by atoms with Gasteiger partial charge in [0.1, 0.15) is 16.3 Å². The number of thioether (sulfide) groups is 1. The Balaban J connectivity index is 1.65. The van der Waals surface area contributed by atoms with E-state index in [1.807, 2.05) is 0 Å². The van der Waals surface area contributed by atoms with Gasteiger partial charge in [0.2, 0.25) is 5.91 Å². The highest BCUT2D eigenvalue weighted by Crippen LogP contribution is 2.25. The van der Waals surface area contributed by atoms with Crippen molar-refractivity contribution in [3.63, 3.8) is 0 Å². The molecule has 2 heterocycles. The number of nitrogens with zero attached hydrogens (tertiary/aromatic N) is 2. The number of halogens is 2. The number of amides is 1. The van der Waals surface area contributed by atoms with Gasteiger partial charge in [0, 0.05) is 5.69 Å². The molecule has 0 unspecified atom stereocenters. The van der Waals surface area contributed by atoms with Crippen LogP contribution in [0, 0.1) is 11.6 Å². The molecule has 0 radical (unpaired) electrons. The van der Waals surface area contributed by atoms with E-state index in [2.05, 4.69) is 10.3 Å². The number of fused-ring (bicyclic) bond motifs is 1. The number of benzene rings is 2. The van der Waals surface area contributed by atoms with Gasteiger partial charge >= 0.3 is 0 Å². The number of hydrogen-bond acceptors (Lipinski definition) is 5. The zero-order valence-electron chi connectivity index (χ0n) is 14.8. The molecular formula is C20H13F2N3O2S2. The summed E-state index contributed by atoms with van der Waals surface area (Å²) in [5, 5.41) is 4.59. The highest BCUT2D eigenvalue weighted by Gasteiger charge is 2.17. The van der Waals surface area contributed by atoms with E-state index in [4.69, 9.17) is 0 Å². The molecule has 0 aliphatic rings. The summed E-state index contributed by atoms with van der Waals surface area (Å²) in [5.74, 6) is -1.39. The lowest BCUT2D eigenvalue weighted by atomic mass is 10.3. The molecule has 0 saturated carbocycles. The summed E-state index contributed by atoms with van der Waals surface area (Å²) in [5.41, 5.74) is 0.622. The molecule has 0 bridgehead atoms. The van der Waals surface area contributed by atoms with Crippen LogP contribution >= 0.6 is 23.1 Å². The third kappa shape index (κ3) is 4.06. The van der Waals surface area contributed by atoms with Crippen molar-refractivity contribution in [1.82, 2.24) is 9.55 Å². The second-order valence-electron chi connectivity index (χ2n) is 5.97. The first-order valence-electron chi connectivity index (χ1n) is 8.46. The SMILES string of the molecule is O=C(CSc1nc2ccsc2c(=O)n1-c1ccccc1F)Nc1ccc(F)cc1. The van der Waals surface area contributed by atoms with E-state index < -0.39 is 17.2 Å². The van der Waals surface area contributed by atoms with Gasteiger partial charge in [-0.05, 0) is 47.8 Å².